The summed E-state index contributed by atoms with van der Waals surface area (Å²) >= 11 is 0. The maximum atomic E-state index is 6.75. The second-order valence-corrected chi connectivity index (χ2v) is 13.6. The van der Waals surface area contributed by atoms with Crippen LogP contribution in [-0.4, -0.2) is 14.9 Å². The third-order valence-corrected chi connectivity index (χ3v) is 12.8. The summed E-state index contributed by atoms with van der Waals surface area (Å²) in [5.41, 5.74) is 3.72. The maximum Gasteiger partial charge on any atom is 0.191 e. The van der Waals surface area contributed by atoms with Gasteiger partial charge in [-0.1, -0.05) is 75.3 Å². The molecule has 0 bridgehead atoms. The fourth-order valence-electron chi connectivity index (χ4n) is 6.04. The summed E-state index contributed by atoms with van der Waals surface area (Å²) in [7, 11) is -1.50. The second-order valence-electron chi connectivity index (χ2n) is 8.83. The van der Waals surface area contributed by atoms with Crippen molar-refractivity contribution in [3.63, 3.8) is 0 Å². The first-order valence-corrected chi connectivity index (χ1v) is 14.0. The molecule has 0 heterocycles. The molecule has 150 valence electrons. The molecule has 0 aliphatic heterocycles. The molecule has 3 aliphatic rings. The second kappa shape index (κ2) is 9.09. The highest BCUT2D eigenvalue weighted by Crippen LogP contribution is 2.56. The van der Waals surface area contributed by atoms with Crippen LogP contribution in [0.4, 0.5) is 0 Å². The van der Waals surface area contributed by atoms with Gasteiger partial charge in [0.1, 0.15) is 0 Å². The van der Waals surface area contributed by atoms with Crippen molar-refractivity contribution in [3.8, 4) is 0 Å². The minimum atomic E-state index is -1.50. The Bertz CT molecular complexity index is 614. The predicted molar refractivity (Wildman–Crippen MR) is 120 cm³/mol. The molecule has 3 unspecified atom stereocenters. The molecular formula is C25H40OSi. The Morgan fingerprint density at radius 2 is 1.74 bits per heavy atom. The van der Waals surface area contributed by atoms with Gasteiger partial charge in [-0.3, -0.25) is 0 Å². The van der Waals surface area contributed by atoms with Crippen LogP contribution in [0.2, 0.25) is 18.1 Å². The molecule has 0 aromatic heterocycles. The summed E-state index contributed by atoms with van der Waals surface area (Å²) in [5, 5.41) is 0. The van der Waals surface area contributed by atoms with Gasteiger partial charge in [-0.05, 0) is 68.5 Å². The Morgan fingerprint density at radius 1 is 1.00 bits per heavy atom. The van der Waals surface area contributed by atoms with Crippen molar-refractivity contribution in [1.82, 2.24) is 0 Å². The highest BCUT2D eigenvalue weighted by Gasteiger charge is 2.46. The van der Waals surface area contributed by atoms with Crippen LogP contribution in [0, 0.1) is 17.3 Å². The smallest absolute Gasteiger partial charge is 0.191 e. The highest BCUT2D eigenvalue weighted by molar-refractivity contribution is 6.73. The summed E-state index contributed by atoms with van der Waals surface area (Å²) in [5.74, 6) is 1.52. The van der Waals surface area contributed by atoms with Crippen LogP contribution in [0.25, 0.3) is 0 Å². The number of allylic oxidation sites excluding steroid dienone is 8. The molecule has 27 heavy (non-hydrogen) atoms. The van der Waals surface area contributed by atoms with E-state index in [4.69, 9.17) is 4.43 Å². The molecule has 0 saturated heterocycles. The van der Waals surface area contributed by atoms with Gasteiger partial charge >= 0.3 is 0 Å². The van der Waals surface area contributed by atoms with Gasteiger partial charge < -0.3 is 4.43 Å². The van der Waals surface area contributed by atoms with Crippen molar-refractivity contribution in [2.45, 2.75) is 84.4 Å². The molecule has 2 heteroatoms. The fourth-order valence-corrected chi connectivity index (χ4v) is 8.69. The number of rotatable bonds is 10. The van der Waals surface area contributed by atoms with Crippen LogP contribution >= 0.6 is 0 Å². The lowest BCUT2D eigenvalue weighted by molar-refractivity contribution is 0.161. The Hall–Kier alpha value is -0.863. The van der Waals surface area contributed by atoms with Crippen LogP contribution in [-0.2, 0) is 4.43 Å². The normalized spacial score (nSPS) is 26.7. The van der Waals surface area contributed by atoms with Crippen LogP contribution < -0.4 is 0 Å². The SMILES string of the molecule is CCC(CCO[Si](CC)(CC)CC)(C1=CC=CC1)C1CCC2CC=CC=C21. The minimum absolute atomic E-state index is 0.296. The lowest BCUT2D eigenvalue weighted by Gasteiger charge is -2.43. The molecule has 1 saturated carbocycles. The van der Waals surface area contributed by atoms with Gasteiger partial charge in [0, 0.05) is 12.0 Å². The number of hydrogen-bond donors (Lipinski definition) is 0. The Morgan fingerprint density at radius 3 is 2.37 bits per heavy atom. The zero-order valence-electron chi connectivity index (χ0n) is 18.1. The third-order valence-electron chi connectivity index (χ3n) is 8.12. The van der Waals surface area contributed by atoms with Crippen LogP contribution in [0.3, 0.4) is 0 Å². The van der Waals surface area contributed by atoms with Crippen molar-refractivity contribution in [2.75, 3.05) is 6.61 Å². The zero-order chi connectivity index (χ0) is 19.3. The predicted octanol–water partition coefficient (Wildman–Crippen LogP) is 7.59. The maximum absolute atomic E-state index is 6.75. The lowest BCUT2D eigenvalue weighted by atomic mass is 9.63. The lowest BCUT2D eigenvalue weighted by Crippen LogP contribution is -2.39. The molecule has 0 aromatic carbocycles. The molecule has 0 spiro atoms. The topological polar surface area (TPSA) is 9.23 Å². The van der Waals surface area contributed by atoms with Gasteiger partial charge in [0.25, 0.3) is 0 Å². The van der Waals surface area contributed by atoms with E-state index in [0.717, 1.165) is 18.9 Å². The first-order valence-electron chi connectivity index (χ1n) is 11.5. The van der Waals surface area contributed by atoms with E-state index in [9.17, 15) is 0 Å². The van der Waals surface area contributed by atoms with E-state index in [1.54, 1.807) is 11.1 Å². The average molecular weight is 385 g/mol. The average Bonchev–Trinajstić information content (AvgIpc) is 3.40. The Balaban J connectivity index is 1.83. The fraction of sp³-hybridized carbons (Fsp3) is 0.680. The van der Waals surface area contributed by atoms with Crippen molar-refractivity contribution >= 4 is 8.32 Å². The van der Waals surface area contributed by atoms with Crippen LogP contribution in [0.5, 0.6) is 0 Å². The summed E-state index contributed by atoms with van der Waals surface area (Å²) in [6.45, 7) is 10.4. The van der Waals surface area contributed by atoms with Crippen LogP contribution in [0.1, 0.15) is 66.2 Å². The number of hydrogen-bond acceptors (Lipinski definition) is 1. The Labute approximate surface area is 168 Å². The van der Waals surface area contributed by atoms with E-state index in [0.29, 0.717) is 11.3 Å². The van der Waals surface area contributed by atoms with Crippen molar-refractivity contribution < 1.29 is 4.43 Å². The molecule has 3 rings (SSSR count). The molecule has 0 N–H and O–H groups in total. The van der Waals surface area contributed by atoms with Gasteiger partial charge in [0.2, 0.25) is 0 Å². The van der Waals surface area contributed by atoms with E-state index in [2.05, 4.69) is 64.2 Å². The minimum Gasteiger partial charge on any atom is -0.417 e. The Kier molecular flexibility index (Phi) is 7.02. The molecule has 1 fully saturated rings. The standard InChI is InChI=1S/C25H40OSi/c1-5-25(22-14-10-11-15-22,19-20-26-27(6-2,7-3)8-4)24-18-17-21-13-9-12-16-23(21)24/h9-12,14,16,21,24H,5-8,13,15,17-20H2,1-4H3. The summed E-state index contributed by atoms with van der Waals surface area (Å²) in [6, 6.07) is 3.76. The van der Waals surface area contributed by atoms with Gasteiger partial charge in [-0.2, -0.15) is 0 Å². The third kappa shape index (κ3) is 3.98. The molecule has 3 aliphatic carbocycles. The molecule has 0 amide bonds. The first kappa shape index (κ1) is 20.9. The molecule has 3 atom stereocenters. The molecule has 1 nitrogen and oxygen atoms in total. The van der Waals surface area contributed by atoms with Crippen molar-refractivity contribution in [1.29, 1.82) is 0 Å². The number of fused-ring (bicyclic) bond motifs is 1. The summed E-state index contributed by atoms with van der Waals surface area (Å²) in [6.07, 6.45) is 21.8. The van der Waals surface area contributed by atoms with Gasteiger partial charge in [0.15, 0.2) is 8.32 Å². The quantitative estimate of drug-likeness (QED) is 0.352. The van der Waals surface area contributed by atoms with E-state index >= 15 is 0 Å². The first-order chi connectivity index (χ1) is 13.1. The van der Waals surface area contributed by atoms with E-state index in [1.807, 2.05) is 0 Å². The zero-order valence-corrected chi connectivity index (χ0v) is 19.1. The van der Waals surface area contributed by atoms with E-state index in [-0.39, 0.29) is 0 Å². The molecule has 0 aromatic rings. The van der Waals surface area contributed by atoms with Gasteiger partial charge in [-0.25, -0.2) is 0 Å². The van der Waals surface area contributed by atoms with Gasteiger partial charge in [0.05, 0.1) is 0 Å². The summed E-state index contributed by atoms with van der Waals surface area (Å²) < 4.78 is 6.75. The summed E-state index contributed by atoms with van der Waals surface area (Å²) in [4.78, 5) is 0. The van der Waals surface area contributed by atoms with E-state index in [1.165, 1.54) is 50.2 Å². The van der Waals surface area contributed by atoms with E-state index < -0.39 is 8.32 Å². The highest BCUT2D eigenvalue weighted by atomic mass is 28.4. The monoisotopic (exact) mass is 384 g/mol. The van der Waals surface area contributed by atoms with Gasteiger partial charge in [-0.15, -0.1) is 0 Å². The van der Waals surface area contributed by atoms with Crippen molar-refractivity contribution in [3.05, 3.63) is 47.6 Å². The van der Waals surface area contributed by atoms with Crippen LogP contribution in [0.15, 0.2) is 47.6 Å². The molecular weight excluding hydrogens is 344 g/mol. The molecule has 0 radical (unpaired) electrons. The largest absolute Gasteiger partial charge is 0.417 e. The van der Waals surface area contributed by atoms with Crippen molar-refractivity contribution in [2.24, 2.45) is 17.3 Å².